The molecule has 1 aromatic rings. The minimum Gasteiger partial charge on any atom is -0.508 e. The summed E-state index contributed by atoms with van der Waals surface area (Å²) >= 11 is 0. The molecule has 0 unspecified atom stereocenters. The Balaban J connectivity index is 1.33. The highest BCUT2D eigenvalue weighted by Crippen LogP contribution is 2.69. The zero-order chi connectivity index (χ0) is 26.5. The van der Waals surface area contributed by atoms with Crippen molar-refractivity contribution in [3.63, 3.8) is 0 Å². The van der Waals surface area contributed by atoms with Crippen molar-refractivity contribution in [1.29, 1.82) is 0 Å². The van der Waals surface area contributed by atoms with Gasteiger partial charge < -0.3 is 39.8 Å². The second kappa shape index (κ2) is 9.70. The molecule has 0 aliphatic heterocycles. The summed E-state index contributed by atoms with van der Waals surface area (Å²) in [6.07, 6.45) is 3.34. The number of amides is 1. The van der Waals surface area contributed by atoms with E-state index in [0.29, 0.717) is 23.5 Å². The first-order valence-electron chi connectivity index (χ1n) is 12.3. The smallest absolute Gasteiger partial charge is 0.407 e. The molecule has 0 aromatic heterocycles. The Hall–Kier alpha value is -1.45. The number of rotatable bonds is 7. The van der Waals surface area contributed by atoms with Crippen LogP contribution >= 0.6 is 15.2 Å². The molecule has 13 heteroatoms. The Labute approximate surface area is 209 Å². The van der Waals surface area contributed by atoms with Gasteiger partial charge in [0, 0.05) is 18.4 Å². The maximum atomic E-state index is 12.5. The number of hydrogen-bond donors (Lipinski definition) is 7. The van der Waals surface area contributed by atoms with Crippen LogP contribution in [0.15, 0.2) is 18.2 Å². The molecule has 2 fully saturated rings. The second-order valence-corrected chi connectivity index (χ2v) is 14.7. The van der Waals surface area contributed by atoms with E-state index in [1.54, 1.807) is 6.07 Å². The lowest BCUT2D eigenvalue weighted by Crippen LogP contribution is -2.46. The van der Waals surface area contributed by atoms with Crippen LogP contribution in [0.1, 0.15) is 68.9 Å². The Bertz CT molecular complexity index is 1080. The standard InChI is InChI=1S/C23H35NO10P2/c1-22-11-9-17-16-6-4-15(25)13-14(16)3-5-18(17)19(22)7-8-20(22)34-21(26)24-12-2-10-23(27,35(28,29)30)36(31,32)33/h4,6,13,17-20,25,27H,2-3,5,7-12H2,1H3,(H,24,26)(H2,28,29,30)(H2,31,32,33)/t17-,18-,19+,20+,22+/m1/s1. The number of phenolic OH excluding ortho intramolecular Hbond substituents is 1. The van der Waals surface area contributed by atoms with Gasteiger partial charge in [-0.3, -0.25) is 9.13 Å². The number of aryl methyl sites for hydroxylation is 1. The fraction of sp³-hybridized carbons (Fsp3) is 0.696. The number of ether oxygens (including phenoxy) is 1. The molecule has 11 nitrogen and oxygen atoms in total. The Kier molecular flexibility index (Phi) is 7.43. The van der Waals surface area contributed by atoms with E-state index in [4.69, 9.17) is 4.74 Å². The number of hydrogen-bond acceptors (Lipinski definition) is 6. The van der Waals surface area contributed by atoms with E-state index in [2.05, 4.69) is 12.2 Å². The topological polar surface area (TPSA) is 194 Å². The van der Waals surface area contributed by atoms with Gasteiger partial charge in [-0.1, -0.05) is 13.0 Å². The van der Waals surface area contributed by atoms with E-state index in [1.807, 2.05) is 12.1 Å². The molecule has 0 spiro atoms. The quantitative estimate of drug-likeness (QED) is 0.197. The monoisotopic (exact) mass is 547 g/mol. The van der Waals surface area contributed by atoms with Crippen molar-refractivity contribution in [1.82, 2.24) is 5.32 Å². The van der Waals surface area contributed by atoms with Gasteiger partial charge in [-0.2, -0.15) is 0 Å². The zero-order valence-corrected chi connectivity index (χ0v) is 21.9. The largest absolute Gasteiger partial charge is 0.508 e. The van der Waals surface area contributed by atoms with Crippen molar-refractivity contribution >= 4 is 21.3 Å². The maximum Gasteiger partial charge on any atom is 0.407 e. The van der Waals surface area contributed by atoms with Crippen LogP contribution in [0.25, 0.3) is 0 Å². The number of carbonyl (C=O) groups is 1. The summed E-state index contributed by atoms with van der Waals surface area (Å²) in [6.45, 7) is 1.99. The third kappa shape index (κ3) is 4.87. The van der Waals surface area contributed by atoms with Crippen molar-refractivity contribution in [2.24, 2.45) is 17.3 Å². The molecule has 0 heterocycles. The van der Waals surface area contributed by atoms with Crippen LogP contribution in [-0.4, -0.2) is 53.6 Å². The van der Waals surface area contributed by atoms with Crippen molar-refractivity contribution in [3.05, 3.63) is 29.3 Å². The van der Waals surface area contributed by atoms with Crippen molar-refractivity contribution in [3.8, 4) is 5.75 Å². The molecule has 4 rings (SSSR count). The second-order valence-electron chi connectivity index (χ2n) is 10.7. The minimum atomic E-state index is -5.52. The fourth-order valence-corrected chi connectivity index (χ4v) is 9.12. The van der Waals surface area contributed by atoms with Crippen LogP contribution in [0, 0.1) is 17.3 Å². The molecular formula is C23H35NO10P2. The molecule has 36 heavy (non-hydrogen) atoms. The van der Waals surface area contributed by atoms with E-state index in [-0.39, 0.29) is 24.5 Å². The highest BCUT2D eigenvalue weighted by atomic mass is 31.2. The fourth-order valence-electron chi connectivity index (χ4n) is 6.86. The van der Waals surface area contributed by atoms with E-state index in [0.717, 1.165) is 38.5 Å². The molecule has 3 aliphatic rings. The summed E-state index contributed by atoms with van der Waals surface area (Å²) in [5, 5.41) is 18.8. The average molecular weight is 547 g/mol. The molecular weight excluding hydrogens is 512 g/mol. The van der Waals surface area contributed by atoms with Crippen molar-refractivity contribution in [2.75, 3.05) is 6.54 Å². The van der Waals surface area contributed by atoms with E-state index >= 15 is 0 Å². The lowest BCUT2D eigenvalue weighted by Gasteiger charge is -2.50. The van der Waals surface area contributed by atoms with E-state index in [1.165, 1.54) is 11.1 Å². The molecule has 2 saturated carbocycles. The number of aromatic hydroxyl groups is 1. The highest BCUT2D eigenvalue weighted by molar-refractivity contribution is 7.72. The number of alkyl carbamates (subject to hydrolysis) is 1. The molecule has 3 aliphatic carbocycles. The number of carbonyl (C=O) groups excluding carboxylic acids is 1. The zero-order valence-electron chi connectivity index (χ0n) is 20.1. The first-order chi connectivity index (χ1) is 16.7. The van der Waals surface area contributed by atoms with E-state index in [9.17, 15) is 43.7 Å². The molecule has 0 saturated heterocycles. The van der Waals surface area contributed by atoms with Crippen molar-refractivity contribution < 1.29 is 48.4 Å². The van der Waals surface area contributed by atoms with Gasteiger partial charge in [-0.15, -0.1) is 0 Å². The van der Waals surface area contributed by atoms with Gasteiger partial charge in [-0.05, 0) is 86.0 Å². The molecule has 7 N–H and O–H groups in total. The first-order valence-corrected chi connectivity index (χ1v) is 15.5. The molecule has 0 bridgehead atoms. The number of nitrogens with one attached hydrogen (secondary N) is 1. The summed E-state index contributed by atoms with van der Waals surface area (Å²) in [6, 6.07) is 5.66. The van der Waals surface area contributed by atoms with Crippen LogP contribution in [0.4, 0.5) is 4.79 Å². The molecule has 1 aromatic carbocycles. The van der Waals surface area contributed by atoms with Crippen molar-refractivity contribution in [2.45, 2.75) is 75.4 Å². The van der Waals surface area contributed by atoms with Gasteiger partial charge in [0.05, 0.1) is 0 Å². The van der Waals surface area contributed by atoms with E-state index < -0.39 is 32.8 Å². The molecule has 0 radical (unpaired) electrons. The van der Waals surface area contributed by atoms with Gasteiger partial charge in [0.15, 0.2) is 0 Å². The predicted molar refractivity (Wildman–Crippen MR) is 129 cm³/mol. The highest BCUT2D eigenvalue weighted by Gasteiger charge is 2.59. The lowest BCUT2D eigenvalue weighted by atomic mass is 9.55. The Morgan fingerprint density at radius 2 is 1.83 bits per heavy atom. The van der Waals surface area contributed by atoms with Crippen LogP contribution in [-0.2, 0) is 20.3 Å². The third-order valence-corrected chi connectivity index (χ3v) is 12.6. The first kappa shape index (κ1) is 27.6. The van der Waals surface area contributed by atoms with Gasteiger partial charge in [0.25, 0.3) is 5.08 Å². The van der Waals surface area contributed by atoms with Crippen LogP contribution in [0.5, 0.6) is 5.75 Å². The number of benzene rings is 1. The normalized spacial score (nSPS) is 30.2. The summed E-state index contributed by atoms with van der Waals surface area (Å²) in [5.41, 5.74) is 2.36. The number of fused-ring (bicyclic) bond motifs is 5. The lowest BCUT2D eigenvalue weighted by molar-refractivity contribution is -0.0314. The Morgan fingerprint density at radius 3 is 2.50 bits per heavy atom. The number of aliphatic hydroxyl groups is 1. The summed E-state index contributed by atoms with van der Waals surface area (Å²) in [7, 11) is -11.0. The SMILES string of the molecule is C[C@]12CC[C@@H]3c4ccc(O)cc4CC[C@H]3[C@@H]1CC[C@@H]2OC(=O)NCCCC(O)(P(=O)(O)O)P(=O)(O)O. The molecule has 1 amide bonds. The average Bonchev–Trinajstić information content (AvgIpc) is 3.10. The minimum absolute atomic E-state index is 0.173. The number of phenols is 1. The van der Waals surface area contributed by atoms with Gasteiger partial charge in [-0.25, -0.2) is 4.79 Å². The predicted octanol–water partition coefficient (Wildman–Crippen LogP) is 3.12. The van der Waals surface area contributed by atoms with Gasteiger partial charge >= 0.3 is 21.3 Å². The summed E-state index contributed by atoms with van der Waals surface area (Å²) < 4.78 is 28.6. The van der Waals surface area contributed by atoms with Gasteiger partial charge in [0.2, 0.25) is 0 Å². The summed E-state index contributed by atoms with van der Waals surface area (Å²) in [5.74, 6) is 1.61. The molecule has 5 atom stereocenters. The Morgan fingerprint density at radius 1 is 1.14 bits per heavy atom. The van der Waals surface area contributed by atoms with Crippen LogP contribution in [0.2, 0.25) is 0 Å². The van der Waals surface area contributed by atoms with Gasteiger partial charge in [0.1, 0.15) is 11.9 Å². The summed E-state index contributed by atoms with van der Waals surface area (Å²) in [4.78, 5) is 49.3. The molecule has 202 valence electrons. The third-order valence-electron chi connectivity index (χ3n) is 8.76. The maximum absolute atomic E-state index is 12.5. The van der Waals surface area contributed by atoms with Crippen LogP contribution < -0.4 is 5.32 Å². The van der Waals surface area contributed by atoms with Crippen LogP contribution in [0.3, 0.4) is 0 Å².